The molecule has 0 heterocycles. The van der Waals surface area contributed by atoms with Gasteiger partial charge in [-0.15, -0.1) is 0 Å². The molecule has 0 radical (unpaired) electrons. The molecule has 0 aliphatic rings. The van der Waals surface area contributed by atoms with E-state index in [9.17, 15) is 4.79 Å². The fourth-order valence-electron chi connectivity index (χ4n) is 2.16. The number of hydrogen-bond donors (Lipinski definition) is 2. The maximum Gasteiger partial charge on any atom is 0.319 e. The third-order valence-electron chi connectivity index (χ3n) is 3.41. The topological polar surface area (TPSA) is 59.6 Å². The summed E-state index contributed by atoms with van der Waals surface area (Å²) in [6.45, 7) is 7.42. The Kier molecular flexibility index (Phi) is 6.49. The van der Waals surface area contributed by atoms with Gasteiger partial charge in [-0.2, -0.15) is 0 Å². The summed E-state index contributed by atoms with van der Waals surface area (Å²) >= 11 is 0. The number of urea groups is 1. The van der Waals surface area contributed by atoms with Gasteiger partial charge in [0.1, 0.15) is 18.1 Å². The normalized spacial score (nSPS) is 10.1. The number of amides is 2. The smallest absolute Gasteiger partial charge is 0.319 e. The molecule has 0 saturated carbocycles. The molecule has 0 aliphatic heterocycles. The van der Waals surface area contributed by atoms with Gasteiger partial charge < -0.3 is 20.1 Å². The molecular formula is C19H24N2O3. The summed E-state index contributed by atoms with van der Waals surface area (Å²) in [6.07, 6.45) is 0. The van der Waals surface area contributed by atoms with E-state index in [1.54, 1.807) is 12.1 Å². The van der Waals surface area contributed by atoms with Crippen molar-refractivity contribution < 1.29 is 14.3 Å². The highest BCUT2D eigenvalue weighted by molar-refractivity contribution is 5.89. The zero-order valence-corrected chi connectivity index (χ0v) is 14.4. The van der Waals surface area contributed by atoms with Crippen LogP contribution in [0.3, 0.4) is 0 Å². The van der Waals surface area contributed by atoms with Crippen LogP contribution < -0.4 is 20.1 Å². The van der Waals surface area contributed by atoms with Crippen molar-refractivity contribution in [3.8, 4) is 11.5 Å². The fraction of sp³-hybridized carbons (Fsp3) is 0.316. The van der Waals surface area contributed by atoms with Gasteiger partial charge in [-0.05, 0) is 62.2 Å². The van der Waals surface area contributed by atoms with Gasteiger partial charge >= 0.3 is 6.03 Å². The number of aryl methyl sites for hydroxylation is 2. The van der Waals surface area contributed by atoms with Gasteiger partial charge in [-0.1, -0.05) is 12.1 Å². The summed E-state index contributed by atoms with van der Waals surface area (Å²) in [5.41, 5.74) is 2.95. The minimum atomic E-state index is -0.260. The van der Waals surface area contributed by atoms with Crippen LogP contribution in [0.2, 0.25) is 0 Å². The molecule has 0 spiro atoms. The Labute approximate surface area is 143 Å². The van der Waals surface area contributed by atoms with E-state index in [4.69, 9.17) is 9.47 Å². The molecule has 0 saturated heterocycles. The lowest BCUT2D eigenvalue weighted by Gasteiger charge is -2.11. The van der Waals surface area contributed by atoms with Crippen LogP contribution in [0.4, 0.5) is 10.5 Å². The number of nitrogens with one attached hydrogen (secondary N) is 2. The van der Waals surface area contributed by atoms with E-state index in [1.165, 1.54) is 0 Å². The molecule has 0 aromatic heterocycles. The Bertz CT molecular complexity index is 669. The predicted molar refractivity (Wildman–Crippen MR) is 96.0 cm³/mol. The van der Waals surface area contributed by atoms with Gasteiger partial charge in [0.05, 0.1) is 13.2 Å². The minimum Gasteiger partial charge on any atom is -0.494 e. The molecule has 0 unspecified atom stereocenters. The molecule has 2 amide bonds. The number of benzene rings is 2. The van der Waals surface area contributed by atoms with Crippen molar-refractivity contribution in [3.05, 3.63) is 53.6 Å². The zero-order chi connectivity index (χ0) is 17.4. The molecule has 0 fully saturated rings. The van der Waals surface area contributed by atoms with Crippen LogP contribution in [0, 0.1) is 13.8 Å². The van der Waals surface area contributed by atoms with Gasteiger partial charge in [0, 0.05) is 5.69 Å². The number of hydrogen-bond acceptors (Lipinski definition) is 3. The van der Waals surface area contributed by atoms with E-state index in [-0.39, 0.29) is 6.03 Å². The van der Waals surface area contributed by atoms with Crippen molar-refractivity contribution in [1.82, 2.24) is 5.32 Å². The summed E-state index contributed by atoms with van der Waals surface area (Å²) in [5.74, 6) is 1.63. The van der Waals surface area contributed by atoms with Gasteiger partial charge in [-0.3, -0.25) is 0 Å². The van der Waals surface area contributed by atoms with Gasteiger partial charge in [0.2, 0.25) is 0 Å². The van der Waals surface area contributed by atoms with Crippen LogP contribution in [-0.2, 0) is 0 Å². The highest BCUT2D eigenvalue weighted by Gasteiger charge is 2.03. The van der Waals surface area contributed by atoms with Gasteiger partial charge in [0.15, 0.2) is 0 Å². The molecule has 2 rings (SSSR count). The number of anilines is 1. The summed E-state index contributed by atoms with van der Waals surface area (Å²) < 4.78 is 11.1. The monoisotopic (exact) mass is 328 g/mol. The highest BCUT2D eigenvalue weighted by Crippen LogP contribution is 2.18. The summed E-state index contributed by atoms with van der Waals surface area (Å²) in [5, 5.41) is 5.54. The summed E-state index contributed by atoms with van der Waals surface area (Å²) in [7, 11) is 0. The predicted octanol–water partition coefficient (Wildman–Crippen LogP) is 3.90. The maximum absolute atomic E-state index is 11.8. The summed E-state index contributed by atoms with van der Waals surface area (Å²) in [6, 6.07) is 13.1. The second-order valence-electron chi connectivity index (χ2n) is 5.46. The van der Waals surface area contributed by atoms with Crippen LogP contribution in [0.5, 0.6) is 11.5 Å². The summed E-state index contributed by atoms with van der Waals surface area (Å²) in [4.78, 5) is 11.8. The molecule has 0 bridgehead atoms. The Morgan fingerprint density at radius 2 is 1.79 bits per heavy atom. The van der Waals surface area contributed by atoms with Gasteiger partial charge in [-0.25, -0.2) is 4.79 Å². The largest absolute Gasteiger partial charge is 0.494 e. The quantitative estimate of drug-likeness (QED) is 0.758. The fourth-order valence-corrected chi connectivity index (χ4v) is 2.16. The Morgan fingerprint density at radius 1 is 1.04 bits per heavy atom. The third-order valence-corrected chi connectivity index (χ3v) is 3.41. The van der Waals surface area contributed by atoms with Crippen LogP contribution in [0.25, 0.3) is 0 Å². The lowest BCUT2D eigenvalue weighted by atomic mass is 10.1. The van der Waals surface area contributed by atoms with E-state index in [2.05, 4.69) is 10.6 Å². The number of carbonyl (C=O) groups excluding carboxylic acids is 1. The minimum absolute atomic E-state index is 0.260. The molecule has 0 aliphatic carbocycles. The molecule has 5 heteroatoms. The molecule has 2 N–H and O–H groups in total. The van der Waals surface area contributed by atoms with Crippen molar-refractivity contribution in [3.63, 3.8) is 0 Å². The van der Waals surface area contributed by atoms with Gasteiger partial charge in [0.25, 0.3) is 0 Å². The second-order valence-corrected chi connectivity index (χ2v) is 5.46. The number of rotatable bonds is 7. The molecular weight excluding hydrogens is 304 g/mol. The third kappa shape index (κ3) is 5.50. The van der Waals surface area contributed by atoms with Crippen molar-refractivity contribution in [2.45, 2.75) is 20.8 Å². The van der Waals surface area contributed by atoms with Crippen molar-refractivity contribution in [2.75, 3.05) is 25.1 Å². The van der Waals surface area contributed by atoms with Crippen LogP contribution in [0.15, 0.2) is 42.5 Å². The average molecular weight is 328 g/mol. The molecule has 2 aromatic rings. The van der Waals surface area contributed by atoms with E-state index in [0.717, 1.165) is 22.6 Å². The van der Waals surface area contributed by atoms with Crippen LogP contribution in [-0.4, -0.2) is 25.8 Å². The van der Waals surface area contributed by atoms with Crippen LogP contribution >= 0.6 is 0 Å². The Morgan fingerprint density at radius 3 is 2.50 bits per heavy atom. The second kappa shape index (κ2) is 8.82. The SMILES string of the molecule is CCOc1ccc(NC(=O)NCCOc2cc(C)ccc2C)cc1. The molecule has 5 nitrogen and oxygen atoms in total. The molecule has 0 atom stereocenters. The average Bonchev–Trinajstić information content (AvgIpc) is 2.57. The lowest BCUT2D eigenvalue weighted by Crippen LogP contribution is -2.32. The van der Waals surface area contributed by atoms with Crippen molar-refractivity contribution in [1.29, 1.82) is 0 Å². The maximum atomic E-state index is 11.8. The van der Waals surface area contributed by atoms with Crippen LogP contribution in [0.1, 0.15) is 18.1 Å². The first-order valence-electron chi connectivity index (χ1n) is 8.06. The first-order valence-corrected chi connectivity index (χ1v) is 8.06. The van der Waals surface area contributed by atoms with Crippen molar-refractivity contribution >= 4 is 11.7 Å². The number of carbonyl (C=O) groups is 1. The number of ether oxygens (including phenoxy) is 2. The standard InChI is InChI=1S/C19H24N2O3/c1-4-23-17-9-7-16(8-10-17)21-19(22)20-11-12-24-18-13-14(2)5-6-15(18)3/h5-10,13H,4,11-12H2,1-3H3,(H2,20,21,22). The molecule has 24 heavy (non-hydrogen) atoms. The first kappa shape index (κ1) is 17.7. The van der Waals surface area contributed by atoms with E-state index in [1.807, 2.05) is 51.1 Å². The Hall–Kier alpha value is -2.69. The van der Waals surface area contributed by atoms with E-state index < -0.39 is 0 Å². The van der Waals surface area contributed by atoms with E-state index >= 15 is 0 Å². The lowest BCUT2D eigenvalue weighted by molar-refractivity contribution is 0.247. The molecule has 2 aromatic carbocycles. The molecule has 128 valence electrons. The van der Waals surface area contributed by atoms with Crippen molar-refractivity contribution in [2.24, 2.45) is 0 Å². The zero-order valence-electron chi connectivity index (χ0n) is 14.4. The highest BCUT2D eigenvalue weighted by atomic mass is 16.5. The Balaban J connectivity index is 1.72. The van der Waals surface area contributed by atoms with E-state index in [0.29, 0.717) is 25.4 Å². The first-order chi connectivity index (χ1) is 11.6.